The molecular formula is C12H17N2O. The number of methoxy groups -OCH3 is 1. The third kappa shape index (κ3) is 1.87. The summed E-state index contributed by atoms with van der Waals surface area (Å²) in [5.41, 5.74) is 7.61. The van der Waals surface area contributed by atoms with E-state index in [0.29, 0.717) is 11.7 Å². The van der Waals surface area contributed by atoms with Gasteiger partial charge in [-0.1, -0.05) is 0 Å². The van der Waals surface area contributed by atoms with Crippen LogP contribution in [-0.2, 0) is 0 Å². The highest BCUT2D eigenvalue weighted by atomic mass is 16.5. The summed E-state index contributed by atoms with van der Waals surface area (Å²) in [5, 5.41) is 0. The number of nitrogens with zero attached hydrogens (tertiary/aromatic N) is 1. The molecule has 1 atom stereocenters. The largest absolute Gasteiger partial charge is 0.495 e. The lowest BCUT2D eigenvalue weighted by Gasteiger charge is -2.24. The summed E-state index contributed by atoms with van der Waals surface area (Å²) in [6.07, 6.45) is 2.37. The zero-order valence-electron chi connectivity index (χ0n) is 9.07. The maximum atomic E-state index is 5.77. The average molecular weight is 205 g/mol. The summed E-state index contributed by atoms with van der Waals surface area (Å²) in [7, 11) is 1.64. The summed E-state index contributed by atoms with van der Waals surface area (Å²) in [4.78, 5) is 2.29. The Hall–Kier alpha value is -1.38. The van der Waals surface area contributed by atoms with Crippen molar-refractivity contribution in [3.05, 3.63) is 25.1 Å². The van der Waals surface area contributed by atoms with E-state index in [9.17, 15) is 0 Å². The fourth-order valence-electron chi connectivity index (χ4n) is 2.05. The molecule has 15 heavy (non-hydrogen) atoms. The number of nitrogens with two attached hydrogens (primary N) is 1. The molecule has 1 aromatic rings. The van der Waals surface area contributed by atoms with Gasteiger partial charge in [-0.15, -0.1) is 0 Å². The van der Waals surface area contributed by atoms with Gasteiger partial charge in [-0.25, -0.2) is 0 Å². The molecule has 3 heteroatoms. The van der Waals surface area contributed by atoms with E-state index in [4.69, 9.17) is 10.5 Å². The van der Waals surface area contributed by atoms with Crippen molar-refractivity contribution in [2.24, 2.45) is 0 Å². The minimum Gasteiger partial charge on any atom is -0.495 e. The van der Waals surface area contributed by atoms with Gasteiger partial charge in [0.2, 0.25) is 0 Å². The van der Waals surface area contributed by atoms with Gasteiger partial charge >= 0.3 is 0 Å². The first-order valence-corrected chi connectivity index (χ1v) is 5.25. The van der Waals surface area contributed by atoms with Crippen LogP contribution in [0, 0.1) is 6.92 Å². The van der Waals surface area contributed by atoms with Crippen LogP contribution < -0.4 is 15.4 Å². The highest BCUT2D eigenvalue weighted by Crippen LogP contribution is 2.31. The molecule has 1 fully saturated rings. The molecule has 81 valence electrons. The predicted molar refractivity (Wildman–Crippen MR) is 63.1 cm³/mol. The first-order chi connectivity index (χ1) is 7.22. The van der Waals surface area contributed by atoms with Crippen molar-refractivity contribution in [1.82, 2.24) is 0 Å². The second-order valence-electron chi connectivity index (χ2n) is 3.92. The molecule has 0 aliphatic carbocycles. The van der Waals surface area contributed by atoms with Gasteiger partial charge < -0.3 is 15.4 Å². The highest BCUT2D eigenvalue weighted by molar-refractivity contribution is 5.63. The molecule has 2 N–H and O–H groups in total. The molecule has 2 rings (SSSR count). The van der Waals surface area contributed by atoms with Gasteiger partial charge in [0, 0.05) is 24.3 Å². The van der Waals surface area contributed by atoms with Gasteiger partial charge in [0.25, 0.3) is 0 Å². The van der Waals surface area contributed by atoms with Gasteiger partial charge in [-0.2, -0.15) is 0 Å². The molecule has 1 aliphatic heterocycles. The SMILES string of the molecule is [CH2][C@@H]1CCCN1c1ccc(N)c(OC)c1. The normalized spacial score (nSPS) is 20.7. The Morgan fingerprint density at radius 2 is 2.33 bits per heavy atom. The van der Waals surface area contributed by atoms with E-state index in [1.807, 2.05) is 18.2 Å². The van der Waals surface area contributed by atoms with Crippen LogP contribution in [0.3, 0.4) is 0 Å². The van der Waals surface area contributed by atoms with Crippen molar-refractivity contribution in [3.8, 4) is 5.75 Å². The standard InChI is InChI=1S/C12H17N2O/c1-9-4-3-7-14(9)10-5-6-11(13)12(8-10)15-2/h5-6,8-9H,1,3-4,7,13H2,2H3/t9-/m1/s1. The van der Waals surface area contributed by atoms with Crippen LogP contribution in [0.15, 0.2) is 18.2 Å². The molecule has 1 heterocycles. The van der Waals surface area contributed by atoms with E-state index in [1.165, 1.54) is 6.42 Å². The second-order valence-corrected chi connectivity index (χ2v) is 3.92. The van der Waals surface area contributed by atoms with Crippen LogP contribution in [-0.4, -0.2) is 19.7 Å². The van der Waals surface area contributed by atoms with Gasteiger partial charge in [0.15, 0.2) is 0 Å². The smallest absolute Gasteiger partial charge is 0.143 e. The Kier molecular flexibility index (Phi) is 2.71. The highest BCUT2D eigenvalue weighted by Gasteiger charge is 2.21. The third-order valence-corrected chi connectivity index (χ3v) is 2.93. The second kappa shape index (κ2) is 4.01. The first-order valence-electron chi connectivity index (χ1n) is 5.25. The van der Waals surface area contributed by atoms with Crippen molar-refractivity contribution in [2.75, 3.05) is 24.3 Å². The van der Waals surface area contributed by atoms with Crippen LogP contribution in [0.4, 0.5) is 11.4 Å². The van der Waals surface area contributed by atoms with Crippen molar-refractivity contribution in [3.63, 3.8) is 0 Å². The number of nitrogen functional groups attached to an aromatic ring is 1. The first kappa shape index (κ1) is 10.1. The minimum atomic E-state index is 0.373. The lowest BCUT2D eigenvalue weighted by Crippen LogP contribution is -2.26. The lowest BCUT2D eigenvalue weighted by molar-refractivity contribution is 0.417. The molecule has 0 aromatic heterocycles. The minimum absolute atomic E-state index is 0.373. The van der Waals surface area contributed by atoms with Crippen LogP contribution in [0.5, 0.6) is 5.75 Å². The van der Waals surface area contributed by atoms with Crippen LogP contribution in [0.1, 0.15) is 12.8 Å². The van der Waals surface area contributed by atoms with E-state index in [-0.39, 0.29) is 0 Å². The Morgan fingerprint density at radius 1 is 1.53 bits per heavy atom. The number of hydrogen-bond donors (Lipinski definition) is 1. The summed E-state index contributed by atoms with van der Waals surface area (Å²) in [6.45, 7) is 5.20. The molecule has 0 bridgehead atoms. The number of anilines is 2. The molecule has 1 radical (unpaired) electrons. The number of rotatable bonds is 2. The molecule has 0 amide bonds. The monoisotopic (exact) mass is 205 g/mol. The Morgan fingerprint density at radius 3 is 2.93 bits per heavy atom. The van der Waals surface area contributed by atoms with Crippen molar-refractivity contribution >= 4 is 11.4 Å². The zero-order valence-corrected chi connectivity index (χ0v) is 9.07. The molecule has 1 aliphatic rings. The summed E-state index contributed by atoms with van der Waals surface area (Å²) >= 11 is 0. The molecule has 1 saturated heterocycles. The Labute approximate surface area is 90.8 Å². The van der Waals surface area contributed by atoms with Crippen molar-refractivity contribution in [2.45, 2.75) is 18.9 Å². The third-order valence-electron chi connectivity index (χ3n) is 2.93. The van der Waals surface area contributed by atoms with E-state index in [2.05, 4.69) is 11.8 Å². The van der Waals surface area contributed by atoms with Crippen LogP contribution >= 0.6 is 0 Å². The number of hydrogen-bond acceptors (Lipinski definition) is 3. The fourth-order valence-corrected chi connectivity index (χ4v) is 2.05. The van der Waals surface area contributed by atoms with E-state index in [1.54, 1.807) is 7.11 Å². The van der Waals surface area contributed by atoms with E-state index >= 15 is 0 Å². The fraction of sp³-hybridized carbons (Fsp3) is 0.417. The van der Waals surface area contributed by atoms with Gasteiger partial charge in [0.1, 0.15) is 5.75 Å². The Bertz CT molecular complexity index is 351. The van der Waals surface area contributed by atoms with Gasteiger partial charge in [0.05, 0.1) is 12.8 Å². The topological polar surface area (TPSA) is 38.5 Å². The predicted octanol–water partition coefficient (Wildman–Crippen LogP) is 2.08. The lowest BCUT2D eigenvalue weighted by atomic mass is 10.2. The zero-order chi connectivity index (χ0) is 10.8. The maximum Gasteiger partial charge on any atom is 0.143 e. The van der Waals surface area contributed by atoms with Gasteiger partial charge in [-0.05, 0) is 31.9 Å². The summed E-state index contributed by atoms with van der Waals surface area (Å²) in [5.74, 6) is 0.742. The number of ether oxygens (including phenoxy) is 1. The van der Waals surface area contributed by atoms with Crippen molar-refractivity contribution < 1.29 is 4.74 Å². The molecule has 1 aromatic carbocycles. The molecular weight excluding hydrogens is 188 g/mol. The van der Waals surface area contributed by atoms with Gasteiger partial charge in [-0.3, -0.25) is 0 Å². The van der Waals surface area contributed by atoms with E-state index in [0.717, 1.165) is 24.4 Å². The summed E-state index contributed by atoms with van der Waals surface area (Å²) < 4.78 is 5.21. The molecule has 0 saturated carbocycles. The average Bonchev–Trinajstić information content (AvgIpc) is 2.65. The Balaban J connectivity index is 2.28. The van der Waals surface area contributed by atoms with Crippen LogP contribution in [0.2, 0.25) is 0 Å². The maximum absolute atomic E-state index is 5.77. The van der Waals surface area contributed by atoms with Crippen LogP contribution in [0.25, 0.3) is 0 Å². The quantitative estimate of drug-likeness (QED) is 0.751. The van der Waals surface area contributed by atoms with Crippen molar-refractivity contribution in [1.29, 1.82) is 0 Å². The van der Waals surface area contributed by atoms with E-state index < -0.39 is 0 Å². The molecule has 0 spiro atoms. The molecule has 3 nitrogen and oxygen atoms in total. The summed E-state index contributed by atoms with van der Waals surface area (Å²) in [6, 6.07) is 6.28. The number of benzene rings is 1. The molecule has 0 unspecified atom stereocenters.